The predicted octanol–water partition coefficient (Wildman–Crippen LogP) is 3.77. The third-order valence-corrected chi connectivity index (χ3v) is 3.15. The summed E-state index contributed by atoms with van der Waals surface area (Å²) in [6, 6.07) is 7.47. The first-order valence-electron chi connectivity index (χ1n) is 4.22. The molecule has 1 heterocycles. The largest absolute Gasteiger partial charge is 0.288 e. The fraction of sp³-hybridized carbons (Fsp3) is 0. The second kappa shape index (κ2) is 4.13. The van der Waals surface area contributed by atoms with Gasteiger partial charge in [0.05, 0.1) is 11.1 Å². The summed E-state index contributed by atoms with van der Waals surface area (Å²) in [5, 5.41) is 1.70. The fourth-order valence-electron chi connectivity index (χ4n) is 1.25. The van der Waals surface area contributed by atoms with Crippen molar-refractivity contribution in [2.24, 2.45) is 0 Å². The number of hydrogen-bond donors (Lipinski definition) is 0. The van der Waals surface area contributed by atoms with E-state index >= 15 is 0 Å². The van der Waals surface area contributed by atoms with E-state index in [0.717, 1.165) is 0 Å². The van der Waals surface area contributed by atoms with E-state index in [1.807, 2.05) is 0 Å². The third-order valence-electron chi connectivity index (χ3n) is 1.98. The molecule has 0 saturated heterocycles. The molecular formula is C11H6ClFOS. The highest BCUT2D eigenvalue weighted by Crippen LogP contribution is 2.25. The molecule has 4 heteroatoms. The summed E-state index contributed by atoms with van der Waals surface area (Å²) in [5.41, 5.74) is 0.407. The van der Waals surface area contributed by atoms with E-state index in [9.17, 15) is 9.18 Å². The Hall–Kier alpha value is -1.19. The molecule has 0 aliphatic rings. The van der Waals surface area contributed by atoms with Gasteiger partial charge >= 0.3 is 0 Å². The molecule has 0 aliphatic carbocycles. The first kappa shape index (κ1) is 10.3. The van der Waals surface area contributed by atoms with Gasteiger partial charge in [-0.25, -0.2) is 4.39 Å². The van der Waals surface area contributed by atoms with Crippen molar-refractivity contribution in [1.82, 2.24) is 0 Å². The van der Waals surface area contributed by atoms with Gasteiger partial charge in [0, 0.05) is 0 Å². The van der Waals surface area contributed by atoms with Gasteiger partial charge in [-0.15, -0.1) is 11.3 Å². The molecule has 2 rings (SSSR count). The average Bonchev–Trinajstić information content (AvgIpc) is 2.64. The molecule has 0 aliphatic heterocycles. The molecule has 2 aromatic rings. The Morgan fingerprint density at radius 1 is 1.20 bits per heavy atom. The van der Waals surface area contributed by atoms with Crippen LogP contribution in [0.25, 0.3) is 0 Å². The van der Waals surface area contributed by atoms with Gasteiger partial charge in [-0.2, -0.15) is 0 Å². The number of halogens is 2. The normalized spacial score (nSPS) is 10.3. The zero-order chi connectivity index (χ0) is 10.8. The van der Waals surface area contributed by atoms with Crippen LogP contribution in [-0.2, 0) is 0 Å². The van der Waals surface area contributed by atoms with Crippen molar-refractivity contribution in [3.05, 3.63) is 57.0 Å². The lowest BCUT2D eigenvalue weighted by Gasteiger charge is -2.00. The summed E-state index contributed by atoms with van der Waals surface area (Å²) < 4.78 is 13.7. The van der Waals surface area contributed by atoms with Gasteiger partial charge in [0.1, 0.15) is 10.2 Å². The quantitative estimate of drug-likeness (QED) is 0.731. The first-order valence-corrected chi connectivity index (χ1v) is 5.48. The van der Waals surface area contributed by atoms with Gasteiger partial charge in [-0.1, -0.05) is 23.7 Å². The molecule has 0 unspecified atom stereocenters. The zero-order valence-electron chi connectivity index (χ0n) is 7.54. The Kier molecular flexibility index (Phi) is 2.84. The van der Waals surface area contributed by atoms with Crippen molar-refractivity contribution in [2.75, 3.05) is 0 Å². The van der Waals surface area contributed by atoms with Crippen LogP contribution < -0.4 is 0 Å². The van der Waals surface area contributed by atoms with Gasteiger partial charge in [-0.3, -0.25) is 4.79 Å². The molecule has 0 spiro atoms. The standard InChI is InChI=1S/C11H6ClFOS/c12-11-8(5-6-15-11)10(14)7-3-1-2-4-9(7)13/h1-6H. The number of benzene rings is 1. The Balaban J connectivity index is 2.46. The maximum atomic E-state index is 13.3. The van der Waals surface area contributed by atoms with Crippen LogP contribution in [0.1, 0.15) is 15.9 Å². The minimum absolute atomic E-state index is 0.0535. The molecule has 15 heavy (non-hydrogen) atoms. The monoisotopic (exact) mass is 240 g/mol. The van der Waals surface area contributed by atoms with E-state index in [4.69, 9.17) is 11.6 Å². The number of ketones is 1. The Morgan fingerprint density at radius 2 is 1.93 bits per heavy atom. The summed E-state index contributed by atoms with van der Waals surface area (Å²) in [4.78, 5) is 11.8. The summed E-state index contributed by atoms with van der Waals surface area (Å²) >= 11 is 7.07. The molecule has 1 aromatic carbocycles. The number of hydrogen-bond acceptors (Lipinski definition) is 2. The van der Waals surface area contributed by atoms with Crippen molar-refractivity contribution in [1.29, 1.82) is 0 Å². The highest BCUT2D eigenvalue weighted by Gasteiger charge is 2.16. The number of carbonyl (C=O) groups excluding carboxylic acids is 1. The number of thiophene rings is 1. The minimum Gasteiger partial charge on any atom is -0.288 e. The van der Waals surface area contributed by atoms with Gasteiger partial charge in [0.25, 0.3) is 0 Å². The Bertz CT molecular complexity index is 507. The summed E-state index contributed by atoms with van der Waals surface area (Å²) in [7, 11) is 0. The molecule has 0 saturated carbocycles. The van der Waals surface area contributed by atoms with Gasteiger partial charge in [0.2, 0.25) is 0 Å². The summed E-state index contributed by atoms with van der Waals surface area (Å²) in [6.07, 6.45) is 0. The molecule has 0 bridgehead atoms. The second-order valence-corrected chi connectivity index (χ2v) is 4.44. The molecule has 0 amide bonds. The second-order valence-electron chi connectivity index (χ2n) is 2.92. The minimum atomic E-state index is -0.523. The van der Waals surface area contributed by atoms with Crippen molar-refractivity contribution in [3.8, 4) is 0 Å². The van der Waals surface area contributed by atoms with E-state index in [0.29, 0.717) is 9.90 Å². The van der Waals surface area contributed by atoms with E-state index in [-0.39, 0.29) is 11.3 Å². The maximum Gasteiger partial charge on any atom is 0.198 e. The molecule has 1 aromatic heterocycles. The van der Waals surface area contributed by atoms with Crippen LogP contribution in [-0.4, -0.2) is 5.78 Å². The van der Waals surface area contributed by atoms with Crippen molar-refractivity contribution in [2.45, 2.75) is 0 Å². The lowest BCUT2D eigenvalue weighted by Crippen LogP contribution is -2.02. The van der Waals surface area contributed by atoms with Crippen molar-refractivity contribution >= 4 is 28.7 Å². The van der Waals surface area contributed by atoms with Crippen LogP contribution in [0.15, 0.2) is 35.7 Å². The molecule has 1 nitrogen and oxygen atoms in total. The smallest absolute Gasteiger partial charge is 0.198 e. The highest BCUT2D eigenvalue weighted by atomic mass is 35.5. The predicted molar refractivity (Wildman–Crippen MR) is 59.2 cm³/mol. The fourth-order valence-corrected chi connectivity index (χ4v) is 2.16. The van der Waals surface area contributed by atoms with Gasteiger partial charge < -0.3 is 0 Å². The van der Waals surface area contributed by atoms with Crippen molar-refractivity contribution < 1.29 is 9.18 Å². The average molecular weight is 241 g/mol. The molecule has 0 atom stereocenters. The Morgan fingerprint density at radius 3 is 2.53 bits per heavy atom. The van der Waals surface area contributed by atoms with Crippen LogP contribution in [0.2, 0.25) is 4.34 Å². The molecule has 0 fully saturated rings. The molecule has 76 valence electrons. The van der Waals surface area contributed by atoms with Crippen LogP contribution in [0.5, 0.6) is 0 Å². The van der Waals surface area contributed by atoms with Crippen LogP contribution in [0.3, 0.4) is 0 Å². The van der Waals surface area contributed by atoms with E-state index < -0.39 is 5.82 Å². The zero-order valence-corrected chi connectivity index (χ0v) is 9.11. The van der Waals surface area contributed by atoms with E-state index in [1.54, 1.807) is 23.6 Å². The van der Waals surface area contributed by atoms with Crippen LogP contribution in [0.4, 0.5) is 4.39 Å². The van der Waals surface area contributed by atoms with E-state index in [1.165, 1.54) is 23.5 Å². The highest BCUT2D eigenvalue weighted by molar-refractivity contribution is 7.14. The van der Waals surface area contributed by atoms with Gasteiger partial charge in [0.15, 0.2) is 5.78 Å². The summed E-state index contributed by atoms with van der Waals surface area (Å²) in [6.45, 7) is 0. The molecular weight excluding hydrogens is 235 g/mol. The lowest BCUT2D eigenvalue weighted by molar-refractivity contribution is 0.103. The molecule has 0 radical (unpaired) electrons. The van der Waals surface area contributed by atoms with Crippen LogP contribution in [0, 0.1) is 5.82 Å². The van der Waals surface area contributed by atoms with Crippen molar-refractivity contribution in [3.63, 3.8) is 0 Å². The number of rotatable bonds is 2. The topological polar surface area (TPSA) is 17.1 Å². The van der Waals surface area contributed by atoms with Gasteiger partial charge in [-0.05, 0) is 23.6 Å². The molecule has 0 N–H and O–H groups in total. The number of carbonyl (C=O) groups is 1. The summed E-state index contributed by atoms with van der Waals surface area (Å²) in [5.74, 6) is -0.899. The SMILES string of the molecule is O=C(c1ccccc1F)c1ccsc1Cl. The van der Waals surface area contributed by atoms with E-state index in [2.05, 4.69) is 0 Å². The third kappa shape index (κ3) is 1.94. The Labute approximate surface area is 95.1 Å². The first-order chi connectivity index (χ1) is 7.20. The van der Waals surface area contributed by atoms with Crippen LogP contribution >= 0.6 is 22.9 Å². The maximum absolute atomic E-state index is 13.3. The lowest BCUT2D eigenvalue weighted by atomic mass is 10.1.